The van der Waals surface area contributed by atoms with Crippen LogP contribution in [0.5, 0.6) is 0 Å². The molecule has 19 heavy (non-hydrogen) atoms. The molecule has 0 unspecified atom stereocenters. The summed E-state index contributed by atoms with van der Waals surface area (Å²) in [6.07, 6.45) is 0.843. The van der Waals surface area contributed by atoms with Crippen molar-refractivity contribution in [3.8, 4) is 0 Å². The molecule has 0 bridgehead atoms. The van der Waals surface area contributed by atoms with Crippen LogP contribution in [0.1, 0.15) is 28.7 Å². The van der Waals surface area contributed by atoms with E-state index in [0.29, 0.717) is 11.3 Å². The van der Waals surface area contributed by atoms with Crippen molar-refractivity contribution in [3.05, 3.63) is 41.2 Å². The van der Waals surface area contributed by atoms with Gasteiger partial charge in [-0.15, -0.1) is 0 Å². The fourth-order valence-corrected chi connectivity index (χ4v) is 3.23. The minimum atomic E-state index is -0.303. The molecule has 100 valence electrons. The van der Waals surface area contributed by atoms with Gasteiger partial charge in [0, 0.05) is 12.2 Å². The Hall–Kier alpha value is -1.40. The number of hydrogen-bond acceptors (Lipinski definition) is 6. The van der Waals surface area contributed by atoms with E-state index in [9.17, 15) is 4.79 Å². The van der Waals surface area contributed by atoms with E-state index in [1.165, 1.54) is 18.6 Å². The summed E-state index contributed by atoms with van der Waals surface area (Å²) in [7, 11) is 1.39. The third-order valence-electron chi connectivity index (χ3n) is 2.54. The highest BCUT2D eigenvalue weighted by Gasteiger charge is 2.12. The molecule has 6 heteroatoms. The van der Waals surface area contributed by atoms with Crippen LogP contribution >= 0.6 is 23.3 Å². The van der Waals surface area contributed by atoms with Gasteiger partial charge in [-0.25, -0.2) is 9.78 Å². The van der Waals surface area contributed by atoms with Crippen molar-refractivity contribution in [1.29, 1.82) is 0 Å². The van der Waals surface area contributed by atoms with E-state index in [1.807, 2.05) is 25.1 Å². The molecule has 4 nitrogen and oxygen atoms in total. The Labute approximate surface area is 120 Å². The van der Waals surface area contributed by atoms with E-state index in [0.717, 1.165) is 22.1 Å². The number of methoxy groups -OCH3 is 1. The first kappa shape index (κ1) is 14.0. The zero-order valence-electron chi connectivity index (χ0n) is 10.8. The zero-order valence-corrected chi connectivity index (χ0v) is 12.4. The average Bonchev–Trinajstić information content (AvgIpc) is 2.92. The number of hydrogen-bond donors (Lipinski definition) is 0. The summed E-state index contributed by atoms with van der Waals surface area (Å²) in [4.78, 5) is 16.0. The van der Waals surface area contributed by atoms with E-state index in [4.69, 9.17) is 4.74 Å². The van der Waals surface area contributed by atoms with Crippen LogP contribution in [0.25, 0.3) is 0 Å². The molecule has 0 atom stereocenters. The van der Waals surface area contributed by atoms with Crippen molar-refractivity contribution < 1.29 is 9.53 Å². The van der Waals surface area contributed by atoms with Gasteiger partial charge in [0.15, 0.2) is 4.34 Å². The Morgan fingerprint density at radius 1 is 1.42 bits per heavy atom. The maximum absolute atomic E-state index is 11.6. The highest BCUT2D eigenvalue weighted by Crippen LogP contribution is 2.26. The second-order valence-electron chi connectivity index (χ2n) is 3.77. The van der Waals surface area contributed by atoms with Gasteiger partial charge in [0.1, 0.15) is 5.82 Å². The molecular weight excluding hydrogens is 280 g/mol. The molecule has 0 amide bonds. The van der Waals surface area contributed by atoms with Crippen LogP contribution in [0.4, 0.5) is 0 Å². The van der Waals surface area contributed by atoms with Gasteiger partial charge >= 0.3 is 5.97 Å². The van der Waals surface area contributed by atoms with Gasteiger partial charge in [-0.2, -0.15) is 4.37 Å². The SMILES string of the molecule is CCc1nsc(SCc2ccccc2C(=O)OC)n1. The molecule has 2 aromatic rings. The third-order valence-corrected chi connectivity index (χ3v) is 4.46. The summed E-state index contributed by atoms with van der Waals surface area (Å²) in [5.41, 5.74) is 1.56. The molecule has 1 aromatic carbocycles. The van der Waals surface area contributed by atoms with Crippen LogP contribution < -0.4 is 0 Å². The summed E-state index contributed by atoms with van der Waals surface area (Å²) in [5, 5.41) is 0. The Bertz CT molecular complexity index is 569. The van der Waals surface area contributed by atoms with Crippen LogP contribution in [0.15, 0.2) is 28.6 Å². The lowest BCUT2D eigenvalue weighted by molar-refractivity contribution is 0.0600. The lowest BCUT2D eigenvalue weighted by Gasteiger charge is -2.05. The molecule has 1 aromatic heterocycles. The number of esters is 1. The standard InChI is InChI=1S/C13H14N2O2S2/c1-3-11-14-13(19-15-11)18-8-9-6-4-5-7-10(9)12(16)17-2/h4-7H,3,8H2,1-2H3. The number of nitrogens with zero attached hydrogens (tertiary/aromatic N) is 2. The fourth-order valence-electron chi connectivity index (χ4n) is 1.53. The smallest absolute Gasteiger partial charge is 0.338 e. The van der Waals surface area contributed by atoms with Crippen LogP contribution in [0.3, 0.4) is 0 Å². The second-order valence-corrected chi connectivity index (χ2v) is 5.74. The normalized spacial score (nSPS) is 10.4. The van der Waals surface area contributed by atoms with Crippen molar-refractivity contribution in [1.82, 2.24) is 9.36 Å². The fraction of sp³-hybridized carbons (Fsp3) is 0.308. The minimum absolute atomic E-state index is 0.303. The summed E-state index contributed by atoms with van der Waals surface area (Å²) in [6.45, 7) is 2.03. The van der Waals surface area contributed by atoms with Crippen molar-refractivity contribution >= 4 is 29.3 Å². The van der Waals surface area contributed by atoms with E-state index in [1.54, 1.807) is 17.8 Å². The molecule has 0 saturated carbocycles. The Kier molecular flexibility index (Phi) is 4.93. The van der Waals surface area contributed by atoms with Gasteiger partial charge < -0.3 is 4.74 Å². The van der Waals surface area contributed by atoms with Crippen LogP contribution in [-0.2, 0) is 16.9 Å². The number of aromatic nitrogens is 2. The van der Waals surface area contributed by atoms with Gasteiger partial charge in [-0.05, 0) is 23.2 Å². The summed E-state index contributed by atoms with van der Waals surface area (Å²) in [6, 6.07) is 7.46. The first-order valence-electron chi connectivity index (χ1n) is 5.86. The number of ether oxygens (including phenoxy) is 1. The second kappa shape index (κ2) is 6.68. The monoisotopic (exact) mass is 294 g/mol. The summed E-state index contributed by atoms with van der Waals surface area (Å²) in [5.74, 6) is 1.25. The molecule has 0 N–H and O–H groups in total. The molecule has 1 heterocycles. The van der Waals surface area contributed by atoms with Crippen LogP contribution in [-0.4, -0.2) is 22.4 Å². The lowest BCUT2D eigenvalue weighted by Crippen LogP contribution is -2.04. The van der Waals surface area contributed by atoms with E-state index in [-0.39, 0.29) is 5.97 Å². The minimum Gasteiger partial charge on any atom is -0.465 e. The van der Waals surface area contributed by atoms with Gasteiger partial charge in [0.05, 0.1) is 12.7 Å². The molecule has 0 aliphatic rings. The van der Waals surface area contributed by atoms with Gasteiger partial charge in [-0.3, -0.25) is 0 Å². The van der Waals surface area contributed by atoms with E-state index < -0.39 is 0 Å². The van der Waals surface area contributed by atoms with Gasteiger partial charge in [0.2, 0.25) is 0 Å². The Morgan fingerprint density at radius 2 is 2.21 bits per heavy atom. The predicted octanol–water partition coefficient (Wildman–Crippen LogP) is 3.18. The van der Waals surface area contributed by atoms with E-state index >= 15 is 0 Å². The molecular formula is C13H14N2O2S2. The van der Waals surface area contributed by atoms with Crippen molar-refractivity contribution in [2.45, 2.75) is 23.4 Å². The first-order chi connectivity index (χ1) is 9.24. The highest BCUT2D eigenvalue weighted by atomic mass is 32.2. The molecule has 0 aliphatic carbocycles. The molecule has 0 saturated heterocycles. The molecule has 0 fully saturated rings. The number of carbonyl (C=O) groups is 1. The molecule has 0 spiro atoms. The van der Waals surface area contributed by atoms with Gasteiger partial charge in [0.25, 0.3) is 0 Å². The maximum Gasteiger partial charge on any atom is 0.338 e. The predicted molar refractivity (Wildman–Crippen MR) is 76.6 cm³/mol. The number of aryl methyl sites for hydroxylation is 1. The Balaban J connectivity index is 2.08. The average molecular weight is 294 g/mol. The molecule has 2 rings (SSSR count). The molecule has 0 aliphatic heterocycles. The number of carbonyl (C=O) groups excluding carboxylic acids is 1. The van der Waals surface area contributed by atoms with Crippen molar-refractivity contribution in [2.24, 2.45) is 0 Å². The lowest BCUT2D eigenvalue weighted by atomic mass is 10.1. The summed E-state index contributed by atoms with van der Waals surface area (Å²) < 4.78 is 9.94. The topological polar surface area (TPSA) is 52.1 Å². The highest BCUT2D eigenvalue weighted by molar-refractivity contribution is 8.00. The Morgan fingerprint density at radius 3 is 2.89 bits per heavy atom. The van der Waals surface area contributed by atoms with Crippen LogP contribution in [0.2, 0.25) is 0 Å². The maximum atomic E-state index is 11.6. The van der Waals surface area contributed by atoms with Gasteiger partial charge in [-0.1, -0.05) is 36.9 Å². The summed E-state index contributed by atoms with van der Waals surface area (Å²) >= 11 is 2.99. The van der Waals surface area contributed by atoms with Crippen molar-refractivity contribution in [3.63, 3.8) is 0 Å². The first-order valence-corrected chi connectivity index (χ1v) is 7.62. The quantitative estimate of drug-likeness (QED) is 0.626. The number of rotatable bonds is 5. The van der Waals surface area contributed by atoms with E-state index in [2.05, 4.69) is 9.36 Å². The van der Waals surface area contributed by atoms with Crippen LogP contribution in [0, 0.1) is 0 Å². The van der Waals surface area contributed by atoms with Crippen molar-refractivity contribution in [2.75, 3.05) is 7.11 Å². The third kappa shape index (κ3) is 3.54. The zero-order chi connectivity index (χ0) is 13.7. The molecule has 0 radical (unpaired) electrons. The largest absolute Gasteiger partial charge is 0.465 e. The number of thioether (sulfide) groups is 1. The number of benzene rings is 1.